The quantitative estimate of drug-likeness (QED) is 0.726. The molecule has 0 aromatic carbocycles. The van der Waals surface area contributed by atoms with Crippen molar-refractivity contribution in [1.82, 2.24) is 20.3 Å². The molecule has 0 aliphatic rings. The zero-order valence-corrected chi connectivity index (χ0v) is 16.0. The standard InChI is InChI=1S/C18H20F3N5O3/c1-10(2)15(27)26-17-24-11(3)6-13(25-17)16(28)23-8-12-4-5-14(22-7-12)29-9-18(19,20)21/h4-7,10H,8-9H2,1-3H3,(H,23,28)(H,24,25,26,27). The third-order valence-electron chi connectivity index (χ3n) is 3.48. The molecule has 0 bridgehead atoms. The van der Waals surface area contributed by atoms with Crippen LogP contribution in [-0.2, 0) is 11.3 Å². The Morgan fingerprint density at radius 3 is 2.52 bits per heavy atom. The first-order valence-electron chi connectivity index (χ1n) is 8.62. The number of anilines is 1. The number of carbonyl (C=O) groups excluding carboxylic acids is 2. The van der Waals surface area contributed by atoms with Crippen molar-refractivity contribution in [3.8, 4) is 5.88 Å². The average molecular weight is 411 g/mol. The smallest absolute Gasteiger partial charge is 0.422 e. The van der Waals surface area contributed by atoms with E-state index < -0.39 is 18.7 Å². The molecular formula is C18H20F3N5O3. The van der Waals surface area contributed by atoms with Crippen LogP contribution < -0.4 is 15.4 Å². The molecule has 29 heavy (non-hydrogen) atoms. The summed E-state index contributed by atoms with van der Waals surface area (Å²) in [4.78, 5) is 36.0. The van der Waals surface area contributed by atoms with E-state index in [1.807, 2.05) is 0 Å². The van der Waals surface area contributed by atoms with E-state index >= 15 is 0 Å². The van der Waals surface area contributed by atoms with Crippen molar-refractivity contribution in [1.29, 1.82) is 0 Å². The number of nitrogens with one attached hydrogen (secondary N) is 2. The van der Waals surface area contributed by atoms with Gasteiger partial charge in [-0.3, -0.25) is 14.9 Å². The topological polar surface area (TPSA) is 106 Å². The lowest BCUT2D eigenvalue weighted by atomic mass is 10.2. The SMILES string of the molecule is Cc1cc(C(=O)NCc2ccc(OCC(F)(F)F)nc2)nc(NC(=O)C(C)C)n1. The molecule has 2 N–H and O–H groups in total. The molecule has 0 saturated carbocycles. The molecule has 2 aromatic heterocycles. The van der Waals surface area contributed by atoms with Crippen LogP contribution in [0.25, 0.3) is 0 Å². The van der Waals surface area contributed by atoms with Gasteiger partial charge in [0.25, 0.3) is 5.91 Å². The Labute approximate surface area is 164 Å². The van der Waals surface area contributed by atoms with Gasteiger partial charge < -0.3 is 10.1 Å². The summed E-state index contributed by atoms with van der Waals surface area (Å²) in [6, 6.07) is 4.23. The number of ether oxygens (including phenoxy) is 1. The van der Waals surface area contributed by atoms with Gasteiger partial charge in [-0.15, -0.1) is 0 Å². The summed E-state index contributed by atoms with van der Waals surface area (Å²) >= 11 is 0. The largest absolute Gasteiger partial charge is 0.468 e. The fourth-order valence-corrected chi connectivity index (χ4v) is 2.02. The van der Waals surface area contributed by atoms with Gasteiger partial charge >= 0.3 is 6.18 Å². The Bertz CT molecular complexity index is 870. The molecule has 2 heterocycles. The van der Waals surface area contributed by atoms with Gasteiger partial charge in [-0.25, -0.2) is 15.0 Å². The highest BCUT2D eigenvalue weighted by molar-refractivity contribution is 5.94. The third kappa shape index (κ3) is 7.35. The predicted molar refractivity (Wildman–Crippen MR) is 97.2 cm³/mol. The molecule has 0 unspecified atom stereocenters. The lowest BCUT2D eigenvalue weighted by molar-refractivity contribution is -0.154. The molecular weight excluding hydrogens is 391 g/mol. The second-order valence-electron chi connectivity index (χ2n) is 6.45. The molecule has 156 valence electrons. The van der Waals surface area contributed by atoms with Crippen molar-refractivity contribution in [2.45, 2.75) is 33.5 Å². The van der Waals surface area contributed by atoms with Crippen LogP contribution in [0.1, 0.15) is 35.6 Å². The summed E-state index contributed by atoms with van der Waals surface area (Å²) in [6.07, 6.45) is -3.15. The van der Waals surface area contributed by atoms with Gasteiger partial charge in [-0.05, 0) is 18.6 Å². The number of aryl methyl sites for hydroxylation is 1. The molecule has 2 amide bonds. The van der Waals surface area contributed by atoms with Crippen molar-refractivity contribution in [3.63, 3.8) is 0 Å². The lowest BCUT2D eigenvalue weighted by Gasteiger charge is -2.10. The summed E-state index contributed by atoms with van der Waals surface area (Å²) in [6.45, 7) is 3.73. The second-order valence-corrected chi connectivity index (χ2v) is 6.45. The van der Waals surface area contributed by atoms with E-state index in [0.29, 0.717) is 11.3 Å². The maximum atomic E-state index is 12.3. The van der Waals surface area contributed by atoms with E-state index in [0.717, 1.165) is 0 Å². The van der Waals surface area contributed by atoms with Crippen LogP contribution in [0, 0.1) is 12.8 Å². The van der Waals surface area contributed by atoms with Gasteiger partial charge in [0.2, 0.25) is 17.7 Å². The number of pyridine rings is 1. The van der Waals surface area contributed by atoms with Crippen LogP contribution in [0.5, 0.6) is 5.88 Å². The highest BCUT2D eigenvalue weighted by atomic mass is 19.4. The first-order valence-corrected chi connectivity index (χ1v) is 8.62. The molecule has 0 spiro atoms. The van der Waals surface area contributed by atoms with Crippen molar-refractivity contribution in [3.05, 3.63) is 41.3 Å². The zero-order valence-electron chi connectivity index (χ0n) is 16.0. The minimum Gasteiger partial charge on any atom is -0.468 e. The van der Waals surface area contributed by atoms with Crippen LogP contribution in [0.4, 0.5) is 19.1 Å². The summed E-state index contributed by atoms with van der Waals surface area (Å²) in [5.74, 6) is -1.20. The molecule has 0 aliphatic carbocycles. The molecule has 2 aromatic rings. The zero-order chi connectivity index (χ0) is 21.6. The molecule has 2 rings (SSSR count). The fourth-order valence-electron chi connectivity index (χ4n) is 2.02. The number of nitrogens with zero attached hydrogens (tertiary/aromatic N) is 3. The first-order chi connectivity index (χ1) is 13.5. The van der Waals surface area contributed by atoms with Crippen LogP contribution in [0.2, 0.25) is 0 Å². The molecule has 8 nitrogen and oxygen atoms in total. The van der Waals surface area contributed by atoms with E-state index in [4.69, 9.17) is 0 Å². The number of rotatable bonds is 7. The molecule has 0 atom stereocenters. The van der Waals surface area contributed by atoms with Crippen LogP contribution in [0.3, 0.4) is 0 Å². The summed E-state index contributed by atoms with van der Waals surface area (Å²) < 4.78 is 40.9. The predicted octanol–water partition coefficient (Wildman–Crippen LogP) is 2.65. The summed E-state index contributed by atoms with van der Waals surface area (Å²) in [7, 11) is 0. The molecule has 0 fully saturated rings. The lowest BCUT2D eigenvalue weighted by Crippen LogP contribution is -2.26. The highest BCUT2D eigenvalue weighted by Gasteiger charge is 2.28. The van der Waals surface area contributed by atoms with Crippen molar-refractivity contribution in [2.24, 2.45) is 5.92 Å². The second kappa shape index (κ2) is 9.30. The normalized spacial score (nSPS) is 11.3. The molecule has 0 aliphatic heterocycles. The van der Waals surface area contributed by atoms with E-state index in [2.05, 4.69) is 30.3 Å². The summed E-state index contributed by atoms with van der Waals surface area (Å²) in [5, 5.41) is 5.15. The van der Waals surface area contributed by atoms with Crippen molar-refractivity contribution >= 4 is 17.8 Å². The monoisotopic (exact) mass is 411 g/mol. The van der Waals surface area contributed by atoms with Crippen molar-refractivity contribution < 1.29 is 27.5 Å². The fraction of sp³-hybridized carbons (Fsp3) is 0.389. The van der Waals surface area contributed by atoms with Crippen molar-refractivity contribution in [2.75, 3.05) is 11.9 Å². The Morgan fingerprint density at radius 2 is 1.93 bits per heavy atom. The Hall–Kier alpha value is -3.24. The maximum absolute atomic E-state index is 12.3. The minimum atomic E-state index is -4.45. The summed E-state index contributed by atoms with van der Waals surface area (Å²) in [5.41, 5.74) is 1.11. The Balaban J connectivity index is 1.96. The van der Waals surface area contributed by atoms with Crippen LogP contribution >= 0.6 is 0 Å². The number of alkyl halides is 3. The first kappa shape index (κ1) is 22.1. The third-order valence-corrected chi connectivity index (χ3v) is 3.48. The Morgan fingerprint density at radius 1 is 1.21 bits per heavy atom. The van der Waals surface area contributed by atoms with Gasteiger partial charge in [-0.2, -0.15) is 13.2 Å². The van der Waals surface area contributed by atoms with E-state index in [1.165, 1.54) is 24.4 Å². The maximum Gasteiger partial charge on any atom is 0.422 e. The van der Waals surface area contributed by atoms with Gasteiger partial charge in [0.1, 0.15) is 5.69 Å². The van der Waals surface area contributed by atoms with Gasteiger partial charge in [0.05, 0.1) is 0 Å². The van der Waals surface area contributed by atoms with E-state index in [-0.39, 0.29) is 35.9 Å². The van der Waals surface area contributed by atoms with E-state index in [1.54, 1.807) is 20.8 Å². The Kier molecular flexibility index (Phi) is 7.08. The number of carbonyl (C=O) groups is 2. The number of hydrogen-bond acceptors (Lipinski definition) is 6. The molecule has 0 saturated heterocycles. The van der Waals surface area contributed by atoms with Crippen LogP contribution in [-0.4, -0.2) is 39.5 Å². The highest BCUT2D eigenvalue weighted by Crippen LogP contribution is 2.17. The van der Waals surface area contributed by atoms with Gasteiger partial charge in [0, 0.05) is 30.4 Å². The molecule has 11 heteroatoms. The van der Waals surface area contributed by atoms with Gasteiger partial charge in [0.15, 0.2) is 6.61 Å². The van der Waals surface area contributed by atoms with Gasteiger partial charge in [-0.1, -0.05) is 19.9 Å². The van der Waals surface area contributed by atoms with E-state index in [9.17, 15) is 22.8 Å². The number of halogens is 3. The number of hydrogen-bond donors (Lipinski definition) is 2. The number of aromatic nitrogens is 3. The molecule has 0 radical (unpaired) electrons. The minimum absolute atomic E-state index is 0.0293. The average Bonchev–Trinajstić information content (AvgIpc) is 2.64. The number of amides is 2. The van der Waals surface area contributed by atoms with Crippen LogP contribution in [0.15, 0.2) is 24.4 Å².